The highest BCUT2D eigenvalue weighted by Crippen LogP contribution is 2.36. The summed E-state index contributed by atoms with van der Waals surface area (Å²) in [6.45, 7) is 4.43. The predicted molar refractivity (Wildman–Crippen MR) is 108 cm³/mol. The second-order valence-electron chi connectivity index (χ2n) is 6.18. The SMILES string of the molecule is CCCCc1ccncc1-c1nc(-c2ccc(Cl)cc2)c(CCC)s1. The highest BCUT2D eigenvalue weighted by molar-refractivity contribution is 7.15. The first-order chi connectivity index (χ1) is 12.2. The fourth-order valence-corrected chi connectivity index (χ4v) is 4.25. The minimum absolute atomic E-state index is 0.755. The Morgan fingerprint density at radius 1 is 1.00 bits per heavy atom. The maximum absolute atomic E-state index is 6.04. The summed E-state index contributed by atoms with van der Waals surface area (Å²) in [5.41, 5.74) is 4.74. The van der Waals surface area contributed by atoms with E-state index >= 15 is 0 Å². The van der Waals surface area contributed by atoms with Gasteiger partial charge in [0, 0.05) is 33.4 Å². The molecule has 0 atom stereocenters. The summed E-state index contributed by atoms with van der Waals surface area (Å²) in [7, 11) is 0. The molecule has 3 aromatic rings. The number of pyridine rings is 1. The highest BCUT2D eigenvalue weighted by Gasteiger charge is 2.16. The standard InChI is InChI=1S/C21H23ClN2S/c1-3-5-7-15-12-13-23-14-18(15)21-24-20(19(25-21)6-4-2)16-8-10-17(22)11-9-16/h8-14H,3-7H2,1-2H3. The Hall–Kier alpha value is -1.71. The number of benzene rings is 1. The lowest BCUT2D eigenvalue weighted by atomic mass is 10.0. The number of hydrogen-bond acceptors (Lipinski definition) is 3. The summed E-state index contributed by atoms with van der Waals surface area (Å²) in [6.07, 6.45) is 9.46. The molecule has 25 heavy (non-hydrogen) atoms. The third-order valence-corrected chi connectivity index (χ3v) is 5.63. The van der Waals surface area contributed by atoms with Gasteiger partial charge in [0.1, 0.15) is 5.01 Å². The van der Waals surface area contributed by atoms with Gasteiger partial charge >= 0.3 is 0 Å². The van der Waals surface area contributed by atoms with Gasteiger partial charge in [0.15, 0.2) is 0 Å². The molecule has 0 saturated carbocycles. The molecule has 0 radical (unpaired) electrons. The third-order valence-electron chi connectivity index (χ3n) is 4.23. The summed E-state index contributed by atoms with van der Waals surface area (Å²) in [5.74, 6) is 0. The van der Waals surface area contributed by atoms with Crippen LogP contribution in [0.5, 0.6) is 0 Å². The number of unbranched alkanes of at least 4 members (excludes halogenated alkanes) is 1. The van der Waals surface area contributed by atoms with Crippen molar-refractivity contribution in [1.82, 2.24) is 9.97 Å². The first-order valence-electron chi connectivity index (χ1n) is 8.91. The zero-order chi connectivity index (χ0) is 17.6. The molecule has 2 aromatic heterocycles. The lowest BCUT2D eigenvalue weighted by Crippen LogP contribution is -1.91. The molecule has 4 heteroatoms. The van der Waals surface area contributed by atoms with Gasteiger partial charge in [-0.3, -0.25) is 4.98 Å². The van der Waals surface area contributed by atoms with Gasteiger partial charge < -0.3 is 0 Å². The number of thiazole rings is 1. The number of rotatable bonds is 7. The molecular formula is C21H23ClN2S. The molecule has 0 aliphatic rings. The minimum Gasteiger partial charge on any atom is -0.264 e. The van der Waals surface area contributed by atoms with Gasteiger partial charge in [-0.25, -0.2) is 4.98 Å². The zero-order valence-corrected chi connectivity index (χ0v) is 16.3. The van der Waals surface area contributed by atoms with E-state index in [1.807, 2.05) is 24.5 Å². The number of nitrogens with zero attached hydrogens (tertiary/aromatic N) is 2. The van der Waals surface area contributed by atoms with Gasteiger partial charge in [-0.05, 0) is 43.0 Å². The van der Waals surface area contributed by atoms with Crippen LogP contribution in [0.4, 0.5) is 0 Å². The van der Waals surface area contributed by atoms with E-state index in [4.69, 9.17) is 16.6 Å². The predicted octanol–water partition coefficient (Wildman–Crippen LogP) is 6.82. The van der Waals surface area contributed by atoms with Crippen molar-refractivity contribution >= 4 is 22.9 Å². The van der Waals surface area contributed by atoms with E-state index < -0.39 is 0 Å². The third kappa shape index (κ3) is 4.28. The second kappa shape index (κ2) is 8.59. The van der Waals surface area contributed by atoms with Crippen LogP contribution in [0.2, 0.25) is 5.02 Å². The van der Waals surface area contributed by atoms with Crippen LogP contribution in [0, 0.1) is 0 Å². The molecule has 0 aliphatic heterocycles. The van der Waals surface area contributed by atoms with Gasteiger partial charge in [0.25, 0.3) is 0 Å². The van der Waals surface area contributed by atoms with Crippen LogP contribution in [0.25, 0.3) is 21.8 Å². The Kier molecular flexibility index (Phi) is 6.22. The van der Waals surface area contributed by atoms with Gasteiger partial charge in [-0.15, -0.1) is 11.3 Å². The largest absolute Gasteiger partial charge is 0.264 e. The maximum Gasteiger partial charge on any atom is 0.126 e. The van der Waals surface area contributed by atoms with Crippen LogP contribution < -0.4 is 0 Å². The first-order valence-corrected chi connectivity index (χ1v) is 10.1. The topological polar surface area (TPSA) is 25.8 Å². The van der Waals surface area contributed by atoms with Crippen molar-refractivity contribution in [1.29, 1.82) is 0 Å². The van der Waals surface area contributed by atoms with Crippen LogP contribution in [-0.2, 0) is 12.8 Å². The van der Waals surface area contributed by atoms with Crippen LogP contribution >= 0.6 is 22.9 Å². The average Bonchev–Trinajstić information content (AvgIpc) is 3.05. The fourth-order valence-electron chi connectivity index (χ4n) is 2.90. The number of halogens is 1. The molecule has 0 fully saturated rings. The van der Waals surface area contributed by atoms with E-state index in [-0.39, 0.29) is 0 Å². The molecule has 0 aliphatic carbocycles. The monoisotopic (exact) mass is 370 g/mol. The van der Waals surface area contributed by atoms with Crippen LogP contribution in [0.1, 0.15) is 43.6 Å². The molecule has 0 unspecified atom stereocenters. The Labute approximate surface area is 158 Å². The van der Waals surface area contributed by atoms with Gasteiger partial charge in [0.2, 0.25) is 0 Å². The van der Waals surface area contributed by atoms with Crippen molar-refractivity contribution in [2.45, 2.75) is 46.0 Å². The zero-order valence-electron chi connectivity index (χ0n) is 14.8. The molecule has 2 heterocycles. The van der Waals surface area contributed by atoms with Gasteiger partial charge in [-0.2, -0.15) is 0 Å². The summed E-state index contributed by atoms with van der Waals surface area (Å²) < 4.78 is 0. The first kappa shape index (κ1) is 18.1. The van der Waals surface area contributed by atoms with Crippen molar-refractivity contribution in [2.24, 2.45) is 0 Å². The lowest BCUT2D eigenvalue weighted by molar-refractivity contribution is 0.795. The Morgan fingerprint density at radius 3 is 2.52 bits per heavy atom. The summed E-state index contributed by atoms with van der Waals surface area (Å²) >= 11 is 7.84. The van der Waals surface area contributed by atoms with E-state index in [9.17, 15) is 0 Å². The average molecular weight is 371 g/mol. The summed E-state index contributed by atoms with van der Waals surface area (Å²) in [4.78, 5) is 10.7. The molecule has 0 spiro atoms. The van der Waals surface area contributed by atoms with Crippen LogP contribution in [-0.4, -0.2) is 9.97 Å². The van der Waals surface area contributed by atoms with Crippen LogP contribution in [0.3, 0.4) is 0 Å². The molecule has 0 bridgehead atoms. The van der Waals surface area contributed by atoms with Crippen molar-refractivity contribution < 1.29 is 0 Å². The van der Waals surface area contributed by atoms with Crippen LogP contribution in [0.15, 0.2) is 42.7 Å². The van der Waals surface area contributed by atoms with Crippen molar-refractivity contribution in [3.63, 3.8) is 0 Å². The molecule has 130 valence electrons. The van der Waals surface area contributed by atoms with Gasteiger partial charge in [0.05, 0.1) is 5.69 Å². The number of hydrogen-bond donors (Lipinski definition) is 0. The number of aryl methyl sites for hydroxylation is 2. The molecule has 3 rings (SSSR count). The highest BCUT2D eigenvalue weighted by atomic mass is 35.5. The smallest absolute Gasteiger partial charge is 0.126 e. The molecule has 0 amide bonds. The Bertz CT molecular complexity index is 824. The second-order valence-corrected chi connectivity index (χ2v) is 7.70. The Balaban J connectivity index is 2.04. The van der Waals surface area contributed by atoms with E-state index in [1.54, 1.807) is 11.3 Å². The van der Waals surface area contributed by atoms with Crippen molar-refractivity contribution in [3.8, 4) is 21.8 Å². The molecule has 2 nitrogen and oxygen atoms in total. The van der Waals surface area contributed by atoms with E-state index in [0.29, 0.717) is 0 Å². The van der Waals surface area contributed by atoms with E-state index in [2.05, 4.69) is 37.0 Å². The van der Waals surface area contributed by atoms with Crippen molar-refractivity contribution in [2.75, 3.05) is 0 Å². The van der Waals surface area contributed by atoms with Crippen molar-refractivity contribution in [3.05, 3.63) is 58.2 Å². The molecule has 0 saturated heterocycles. The van der Waals surface area contributed by atoms with Gasteiger partial charge in [-0.1, -0.05) is 50.4 Å². The molecule has 0 N–H and O–H groups in total. The van der Waals surface area contributed by atoms with E-state index in [0.717, 1.165) is 40.6 Å². The maximum atomic E-state index is 6.04. The fraction of sp³-hybridized carbons (Fsp3) is 0.333. The molecular weight excluding hydrogens is 348 g/mol. The Morgan fingerprint density at radius 2 is 1.80 bits per heavy atom. The normalized spacial score (nSPS) is 11.0. The minimum atomic E-state index is 0.755. The number of aromatic nitrogens is 2. The lowest BCUT2D eigenvalue weighted by Gasteiger charge is -2.05. The van der Waals surface area contributed by atoms with E-state index in [1.165, 1.54) is 28.8 Å². The summed E-state index contributed by atoms with van der Waals surface area (Å²) in [6, 6.07) is 10.1. The summed E-state index contributed by atoms with van der Waals surface area (Å²) in [5, 5.41) is 1.83. The molecule has 1 aromatic carbocycles. The quantitative estimate of drug-likeness (QED) is 0.456.